The summed E-state index contributed by atoms with van der Waals surface area (Å²) < 4.78 is 5.10. The Morgan fingerprint density at radius 3 is 2.67 bits per heavy atom. The Bertz CT molecular complexity index is 152. The molecule has 0 aromatic rings. The van der Waals surface area contributed by atoms with Crippen LogP contribution >= 0.6 is 0 Å². The molecule has 0 spiro atoms. The molecule has 1 N–H and O–H groups in total. The molecule has 0 radical (unpaired) electrons. The Hall–Kier alpha value is -0.830. The predicted octanol–water partition coefficient (Wildman–Crippen LogP) is 1.83. The van der Waals surface area contributed by atoms with Crippen LogP contribution in [-0.4, -0.2) is 24.3 Å². The Balaban J connectivity index is 3.20. The van der Waals surface area contributed by atoms with E-state index >= 15 is 0 Å². The second-order valence-corrected chi connectivity index (χ2v) is 2.56. The Labute approximate surface area is 73.0 Å². The molecule has 0 amide bonds. The van der Waals surface area contributed by atoms with Crippen LogP contribution in [0.2, 0.25) is 0 Å². The number of ether oxygens (including phenoxy) is 1. The standard InChI is InChI=1S/C9H16O3/c1-3-12-7-5-4-6-8(2)9(10)11/h2-7H2,1H3,(H,10,11). The highest BCUT2D eigenvalue weighted by Crippen LogP contribution is 2.04. The summed E-state index contributed by atoms with van der Waals surface area (Å²) in [6.07, 6.45) is 2.30. The lowest BCUT2D eigenvalue weighted by molar-refractivity contribution is -0.132. The second-order valence-electron chi connectivity index (χ2n) is 2.56. The molecule has 0 rings (SSSR count). The van der Waals surface area contributed by atoms with E-state index in [1.165, 1.54) is 0 Å². The number of unbranched alkanes of at least 4 members (excludes halogenated alkanes) is 1. The first kappa shape index (κ1) is 11.2. The molecule has 0 atom stereocenters. The van der Waals surface area contributed by atoms with Gasteiger partial charge in [-0.2, -0.15) is 0 Å². The molecular formula is C9H16O3. The topological polar surface area (TPSA) is 46.5 Å². The van der Waals surface area contributed by atoms with Gasteiger partial charge in [-0.3, -0.25) is 0 Å². The predicted molar refractivity (Wildman–Crippen MR) is 47.1 cm³/mol. The summed E-state index contributed by atoms with van der Waals surface area (Å²) >= 11 is 0. The molecule has 0 aromatic heterocycles. The molecule has 3 nitrogen and oxygen atoms in total. The van der Waals surface area contributed by atoms with Crippen molar-refractivity contribution in [2.45, 2.75) is 26.2 Å². The van der Waals surface area contributed by atoms with E-state index in [4.69, 9.17) is 9.84 Å². The van der Waals surface area contributed by atoms with E-state index in [0.717, 1.165) is 19.4 Å². The van der Waals surface area contributed by atoms with E-state index in [1.54, 1.807) is 0 Å². The number of carbonyl (C=O) groups is 1. The molecule has 0 aromatic carbocycles. The van der Waals surface area contributed by atoms with Crippen LogP contribution in [-0.2, 0) is 9.53 Å². The van der Waals surface area contributed by atoms with Crippen LogP contribution in [0.4, 0.5) is 0 Å². The lowest BCUT2D eigenvalue weighted by atomic mass is 10.1. The number of hydrogen-bond acceptors (Lipinski definition) is 2. The quantitative estimate of drug-likeness (QED) is 0.470. The van der Waals surface area contributed by atoms with Crippen LogP contribution in [0, 0.1) is 0 Å². The average Bonchev–Trinajstić information content (AvgIpc) is 2.03. The smallest absolute Gasteiger partial charge is 0.330 e. The number of rotatable bonds is 7. The molecular weight excluding hydrogens is 156 g/mol. The maximum absolute atomic E-state index is 10.3. The summed E-state index contributed by atoms with van der Waals surface area (Å²) in [5.41, 5.74) is 0.284. The van der Waals surface area contributed by atoms with Gasteiger partial charge in [0.25, 0.3) is 0 Å². The van der Waals surface area contributed by atoms with Gasteiger partial charge in [0.15, 0.2) is 0 Å². The van der Waals surface area contributed by atoms with Gasteiger partial charge in [0.2, 0.25) is 0 Å². The molecule has 0 saturated carbocycles. The van der Waals surface area contributed by atoms with Gasteiger partial charge in [-0.1, -0.05) is 6.58 Å². The molecule has 0 fully saturated rings. The van der Waals surface area contributed by atoms with Crippen LogP contribution in [0.3, 0.4) is 0 Å². The van der Waals surface area contributed by atoms with Crippen molar-refractivity contribution >= 4 is 5.97 Å². The van der Waals surface area contributed by atoms with Gasteiger partial charge in [0.1, 0.15) is 0 Å². The number of carboxylic acid groups (broad SMARTS) is 1. The van der Waals surface area contributed by atoms with Gasteiger partial charge in [-0.05, 0) is 26.2 Å². The Morgan fingerprint density at radius 2 is 2.17 bits per heavy atom. The van der Waals surface area contributed by atoms with Crippen molar-refractivity contribution in [3.8, 4) is 0 Å². The minimum Gasteiger partial charge on any atom is -0.478 e. The van der Waals surface area contributed by atoms with E-state index in [2.05, 4.69) is 6.58 Å². The molecule has 0 heterocycles. The van der Waals surface area contributed by atoms with Gasteiger partial charge < -0.3 is 9.84 Å². The fraction of sp³-hybridized carbons (Fsp3) is 0.667. The Kier molecular flexibility index (Phi) is 6.38. The van der Waals surface area contributed by atoms with Crippen molar-refractivity contribution in [2.75, 3.05) is 13.2 Å². The van der Waals surface area contributed by atoms with Crippen LogP contribution in [0.15, 0.2) is 12.2 Å². The number of carboxylic acids is 1. The molecule has 3 heteroatoms. The molecule has 0 aliphatic rings. The van der Waals surface area contributed by atoms with Crippen molar-refractivity contribution in [1.82, 2.24) is 0 Å². The van der Waals surface area contributed by atoms with E-state index in [1.807, 2.05) is 6.92 Å². The van der Waals surface area contributed by atoms with E-state index in [-0.39, 0.29) is 5.57 Å². The van der Waals surface area contributed by atoms with E-state index in [9.17, 15) is 4.79 Å². The van der Waals surface area contributed by atoms with Gasteiger partial charge in [-0.25, -0.2) is 4.79 Å². The van der Waals surface area contributed by atoms with Gasteiger partial charge >= 0.3 is 5.97 Å². The molecule has 12 heavy (non-hydrogen) atoms. The highest BCUT2D eigenvalue weighted by atomic mass is 16.5. The fourth-order valence-electron chi connectivity index (χ4n) is 0.794. The van der Waals surface area contributed by atoms with Gasteiger partial charge in [-0.15, -0.1) is 0 Å². The van der Waals surface area contributed by atoms with Crippen molar-refractivity contribution in [1.29, 1.82) is 0 Å². The summed E-state index contributed by atoms with van der Waals surface area (Å²) in [6.45, 7) is 6.81. The lowest BCUT2D eigenvalue weighted by Crippen LogP contribution is -2.00. The van der Waals surface area contributed by atoms with Gasteiger partial charge in [0, 0.05) is 18.8 Å². The normalized spacial score (nSPS) is 9.75. The minimum atomic E-state index is -0.897. The third-order valence-corrected chi connectivity index (χ3v) is 1.52. The first-order chi connectivity index (χ1) is 5.68. The zero-order chi connectivity index (χ0) is 9.40. The van der Waals surface area contributed by atoms with Crippen LogP contribution in [0.25, 0.3) is 0 Å². The Morgan fingerprint density at radius 1 is 1.50 bits per heavy atom. The summed E-state index contributed by atoms with van der Waals surface area (Å²) in [4.78, 5) is 10.3. The molecule has 0 unspecified atom stereocenters. The number of hydrogen-bond donors (Lipinski definition) is 1. The molecule has 0 aliphatic carbocycles. The second kappa shape index (κ2) is 6.85. The van der Waals surface area contributed by atoms with E-state index in [0.29, 0.717) is 13.0 Å². The SMILES string of the molecule is C=C(CCCCOCC)C(=O)O. The zero-order valence-electron chi connectivity index (χ0n) is 7.51. The third-order valence-electron chi connectivity index (χ3n) is 1.52. The monoisotopic (exact) mass is 172 g/mol. The highest BCUT2D eigenvalue weighted by Gasteiger charge is 2.02. The summed E-state index contributed by atoms with van der Waals surface area (Å²) in [7, 11) is 0. The van der Waals surface area contributed by atoms with E-state index < -0.39 is 5.97 Å². The average molecular weight is 172 g/mol. The first-order valence-electron chi connectivity index (χ1n) is 4.17. The highest BCUT2D eigenvalue weighted by molar-refractivity contribution is 5.85. The van der Waals surface area contributed by atoms with Crippen molar-refractivity contribution in [2.24, 2.45) is 0 Å². The third kappa shape index (κ3) is 5.92. The maximum atomic E-state index is 10.3. The summed E-state index contributed by atoms with van der Waals surface area (Å²) in [5.74, 6) is -0.897. The summed E-state index contributed by atoms with van der Waals surface area (Å²) in [5, 5.41) is 8.45. The van der Waals surface area contributed by atoms with Crippen molar-refractivity contribution in [3.63, 3.8) is 0 Å². The largest absolute Gasteiger partial charge is 0.478 e. The zero-order valence-corrected chi connectivity index (χ0v) is 7.51. The van der Waals surface area contributed by atoms with Crippen molar-refractivity contribution < 1.29 is 14.6 Å². The van der Waals surface area contributed by atoms with Crippen LogP contribution in [0.5, 0.6) is 0 Å². The maximum Gasteiger partial charge on any atom is 0.330 e. The molecule has 0 bridgehead atoms. The first-order valence-corrected chi connectivity index (χ1v) is 4.17. The summed E-state index contributed by atoms with van der Waals surface area (Å²) in [6, 6.07) is 0. The van der Waals surface area contributed by atoms with Gasteiger partial charge in [0.05, 0.1) is 0 Å². The van der Waals surface area contributed by atoms with Crippen LogP contribution in [0.1, 0.15) is 26.2 Å². The molecule has 0 saturated heterocycles. The van der Waals surface area contributed by atoms with Crippen molar-refractivity contribution in [3.05, 3.63) is 12.2 Å². The minimum absolute atomic E-state index is 0.284. The fourth-order valence-corrected chi connectivity index (χ4v) is 0.794. The molecule has 70 valence electrons. The molecule has 0 aliphatic heterocycles. The lowest BCUT2D eigenvalue weighted by Gasteiger charge is -2.00. The number of aliphatic carboxylic acids is 1. The van der Waals surface area contributed by atoms with Crippen LogP contribution < -0.4 is 0 Å².